The lowest BCUT2D eigenvalue weighted by Gasteiger charge is -2.34. The van der Waals surface area contributed by atoms with Crippen LogP contribution in [0.3, 0.4) is 0 Å². The summed E-state index contributed by atoms with van der Waals surface area (Å²) in [4.78, 5) is 32.8. The minimum Gasteiger partial charge on any atom is -0.497 e. The molecule has 1 saturated carbocycles. The number of carbonyl (C=O) groups is 2. The maximum atomic E-state index is 12.5. The zero-order chi connectivity index (χ0) is 20.9. The molecule has 160 valence electrons. The first kappa shape index (κ1) is 20.3. The second-order valence-electron chi connectivity index (χ2n) is 7.74. The molecule has 1 N–H and O–H groups in total. The lowest BCUT2D eigenvalue weighted by molar-refractivity contribution is -0.133. The van der Waals surface area contributed by atoms with Gasteiger partial charge in [0.2, 0.25) is 23.5 Å². The fourth-order valence-corrected chi connectivity index (χ4v) is 3.45. The fourth-order valence-electron chi connectivity index (χ4n) is 3.45. The second-order valence-corrected chi connectivity index (χ2v) is 7.74. The number of carbonyl (C=O) groups excluding carboxylic acids is 2. The van der Waals surface area contributed by atoms with Gasteiger partial charge in [-0.2, -0.15) is 4.98 Å². The van der Waals surface area contributed by atoms with Gasteiger partial charge in [-0.15, -0.1) is 0 Å². The second kappa shape index (κ2) is 9.25. The van der Waals surface area contributed by atoms with Gasteiger partial charge in [0.05, 0.1) is 13.7 Å². The first-order valence-corrected chi connectivity index (χ1v) is 10.4. The van der Waals surface area contributed by atoms with E-state index in [-0.39, 0.29) is 11.8 Å². The van der Waals surface area contributed by atoms with Gasteiger partial charge in [0.15, 0.2) is 0 Å². The number of piperazine rings is 1. The van der Waals surface area contributed by atoms with Crippen molar-refractivity contribution in [2.24, 2.45) is 0 Å². The number of hydrogen-bond acceptors (Lipinski definition) is 7. The van der Waals surface area contributed by atoms with Crippen molar-refractivity contribution >= 4 is 11.8 Å². The molecule has 2 fully saturated rings. The molecule has 30 heavy (non-hydrogen) atoms. The number of hydrogen-bond donors (Lipinski definition) is 1. The number of amides is 2. The van der Waals surface area contributed by atoms with Gasteiger partial charge in [-0.05, 0) is 37.1 Å². The first-order valence-electron chi connectivity index (χ1n) is 10.4. The average molecular weight is 413 g/mol. The number of ether oxygens (including phenoxy) is 1. The topological polar surface area (TPSA) is 101 Å². The van der Waals surface area contributed by atoms with E-state index < -0.39 is 0 Å². The van der Waals surface area contributed by atoms with Gasteiger partial charge in [0, 0.05) is 50.6 Å². The fraction of sp³-hybridized carbons (Fsp3) is 0.524. The van der Waals surface area contributed by atoms with Crippen molar-refractivity contribution in [3.63, 3.8) is 0 Å². The van der Waals surface area contributed by atoms with Gasteiger partial charge in [-0.3, -0.25) is 14.5 Å². The lowest BCUT2D eigenvalue weighted by atomic mass is 10.2. The molecule has 9 heteroatoms. The van der Waals surface area contributed by atoms with Gasteiger partial charge in [-0.25, -0.2) is 0 Å². The Morgan fingerprint density at radius 3 is 2.57 bits per heavy atom. The van der Waals surface area contributed by atoms with Crippen LogP contribution in [-0.2, 0) is 16.0 Å². The molecule has 1 aliphatic heterocycles. The summed E-state index contributed by atoms with van der Waals surface area (Å²) in [6.07, 6.45) is 2.92. The molecule has 2 aliphatic rings. The molecular weight excluding hydrogens is 386 g/mol. The van der Waals surface area contributed by atoms with Crippen LogP contribution in [0.4, 0.5) is 0 Å². The van der Waals surface area contributed by atoms with E-state index in [2.05, 4.69) is 20.4 Å². The Labute approximate surface area is 175 Å². The highest BCUT2D eigenvalue weighted by Gasteiger charge is 2.26. The van der Waals surface area contributed by atoms with Crippen LogP contribution in [0.2, 0.25) is 0 Å². The van der Waals surface area contributed by atoms with Gasteiger partial charge in [0.25, 0.3) is 0 Å². The van der Waals surface area contributed by atoms with Crippen LogP contribution in [-0.4, -0.2) is 77.6 Å². The SMILES string of the molecule is COc1ccc(-c2noc(CCC(=O)N3CCN(CC(=O)NC4CC4)CC3)n2)cc1. The van der Waals surface area contributed by atoms with Gasteiger partial charge in [-0.1, -0.05) is 5.16 Å². The van der Waals surface area contributed by atoms with Crippen LogP contribution in [0.1, 0.15) is 25.2 Å². The van der Waals surface area contributed by atoms with Crippen LogP contribution in [0.25, 0.3) is 11.4 Å². The minimum atomic E-state index is 0.0706. The van der Waals surface area contributed by atoms with E-state index in [9.17, 15) is 9.59 Å². The highest BCUT2D eigenvalue weighted by Crippen LogP contribution is 2.20. The Bertz CT molecular complexity index is 870. The molecule has 2 amide bonds. The summed E-state index contributed by atoms with van der Waals surface area (Å²) < 4.78 is 10.4. The van der Waals surface area contributed by atoms with Crippen molar-refractivity contribution in [2.45, 2.75) is 31.7 Å². The molecule has 1 saturated heterocycles. The molecule has 0 atom stereocenters. The third-order valence-electron chi connectivity index (χ3n) is 5.40. The Hall–Kier alpha value is -2.94. The zero-order valence-corrected chi connectivity index (χ0v) is 17.2. The Morgan fingerprint density at radius 1 is 1.17 bits per heavy atom. The van der Waals surface area contributed by atoms with Crippen molar-refractivity contribution in [1.29, 1.82) is 0 Å². The third kappa shape index (κ3) is 5.35. The molecule has 1 aliphatic carbocycles. The quantitative estimate of drug-likeness (QED) is 0.692. The van der Waals surface area contributed by atoms with E-state index in [4.69, 9.17) is 9.26 Å². The van der Waals surface area contributed by atoms with E-state index in [1.54, 1.807) is 7.11 Å². The summed E-state index contributed by atoms with van der Waals surface area (Å²) >= 11 is 0. The van der Waals surface area contributed by atoms with Crippen molar-refractivity contribution in [1.82, 2.24) is 25.3 Å². The molecule has 0 radical (unpaired) electrons. The van der Waals surface area contributed by atoms with Crippen LogP contribution in [0.5, 0.6) is 5.75 Å². The first-order chi connectivity index (χ1) is 14.6. The molecule has 0 spiro atoms. The number of nitrogens with one attached hydrogen (secondary N) is 1. The molecule has 1 aromatic heterocycles. The van der Waals surface area contributed by atoms with E-state index in [0.717, 1.165) is 24.2 Å². The van der Waals surface area contributed by atoms with E-state index in [0.29, 0.717) is 63.3 Å². The lowest BCUT2D eigenvalue weighted by Crippen LogP contribution is -2.51. The number of aromatic nitrogens is 2. The maximum absolute atomic E-state index is 12.5. The molecule has 4 rings (SSSR count). The van der Waals surface area contributed by atoms with Crippen LogP contribution in [0, 0.1) is 0 Å². The minimum absolute atomic E-state index is 0.0706. The Kier molecular flexibility index (Phi) is 6.27. The average Bonchev–Trinajstić information content (AvgIpc) is 3.45. The summed E-state index contributed by atoms with van der Waals surface area (Å²) in [5.41, 5.74) is 0.832. The maximum Gasteiger partial charge on any atom is 0.234 e. The van der Waals surface area contributed by atoms with Crippen LogP contribution >= 0.6 is 0 Å². The highest BCUT2D eigenvalue weighted by molar-refractivity contribution is 5.79. The molecule has 2 aromatic rings. The number of aryl methyl sites for hydroxylation is 1. The molecule has 9 nitrogen and oxygen atoms in total. The normalized spacial score (nSPS) is 17.0. The number of methoxy groups -OCH3 is 1. The largest absolute Gasteiger partial charge is 0.497 e. The highest BCUT2D eigenvalue weighted by atomic mass is 16.5. The van der Waals surface area contributed by atoms with Crippen molar-refractivity contribution in [3.05, 3.63) is 30.2 Å². The monoisotopic (exact) mass is 413 g/mol. The molecule has 0 unspecified atom stereocenters. The van der Waals surface area contributed by atoms with Gasteiger partial charge < -0.3 is 19.5 Å². The Balaban J connectivity index is 1.20. The summed E-state index contributed by atoms with van der Waals surface area (Å²) in [5, 5.41) is 7.00. The number of nitrogens with zero attached hydrogens (tertiary/aromatic N) is 4. The number of rotatable bonds is 8. The zero-order valence-electron chi connectivity index (χ0n) is 17.2. The summed E-state index contributed by atoms with van der Waals surface area (Å²) in [6.45, 7) is 3.11. The van der Waals surface area contributed by atoms with Crippen LogP contribution < -0.4 is 10.1 Å². The summed E-state index contributed by atoms with van der Waals surface area (Å²) in [7, 11) is 1.62. The molecule has 1 aromatic carbocycles. The summed E-state index contributed by atoms with van der Waals surface area (Å²) in [5.74, 6) is 1.86. The summed E-state index contributed by atoms with van der Waals surface area (Å²) in [6, 6.07) is 7.79. The van der Waals surface area contributed by atoms with E-state index >= 15 is 0 Å². The smallest absolute Gasteiger partial charge is 0.234 e. The Morgan fingerprint density at radius 2 is 1.90 bits per heavy atom. The van der Waals surface area contributed by atoms with Crippen molar-refractivity contribution in [3.8, 4) is 17.1 Å². The van der Waals surface area contributed by atoms with Crippen LogP contribution in [0.15, 0.2) is 28.8 Å². The molecule has 2 heterocycles. The number of benzene rings is 1. The third-order valence-corrected chi connectivity index (χ3v) is 5.40. The van der Waals surface area contributed by atoms with Crippen molar-refractivity contribution in [2.75, 3.05) is 39.8 Å². The predicted octanol–water partition coefficient (Wildman–Crippen LogP) is 1.10. The van der Waals surface area contributed by atoms with Gasteiger partial charge >= 0.3 is 0 Å². The molecular formula is C21H27N5O4. The standard InChI is InChI=1S/C21H27N5O4/c1-29-17-6-2-15(3-7-17)21-23-19(30-24-21)8-9-20(28)26-12-10-25(11-13-26)14-18(27)22-16-4-5-16/h2-3,6-7,16H,4-5,8-14H2,1H3,(H,22,27). The molecule has 0 bridgehead atoms. The van der Waals surface area contributed by atoms with Gasteiger partial charge in [0.1, 0.15) is 5.75 Å². The van der Waals surface area contributed by atoms with E-state index in [1.165, 1.54) is 0 Å². The van der Waals surface area contributed by atoms with E-state index in [1.807, 2.05) is 29.2 Å². The van der Waals surface area contributed by atoms with Crippen molar-refractivity contribution < 1.29 is 18.8 Å². The predicted molar refractivity (Wildman–Crippen MR) is 109 cm³/mol.